The molecule has 16 aromatic rings. The van der Waals surface area contributed by atoms with Crippen molar-refractivity contribution < 1.29 is 0 Å². The minimum Gasteiger partial charge on any atom is -0.368 e. The average Bonchev–Trinajstić information content (AvgIpc) is 0.771. The molecule has 0 aliphatic carbocycles. The van der Waals surface area contributed by atoms with E-state index in [2.05, 4.69) is 115 Å². The van der Waals surface area contributed by atoms with Crippen molar-refractivity contribution in [1.29, 1.82) is 0 Å². The van der Waals surface area contributed by atoms with Gasteiger partial charge in [0.15, 0.2) is 0 Å². The van der Waals surface area contributed by atoms with Crippen LogP contribution in [0.5, 0.6) is 0 Å². The molecule has 0 aliphatic heterocycles. The summed E-state index contributed by atoms with van der Waals surface area (Å²) >= 11 is 35.1. The third-order valence-electron chi connectivity index (χ3n) is 18.8. The van der Waals surface area contributed by atoms with Crippen molar-refractivity contribution in [2.24, 2.45) is 5.73 Å². The van der Waals surface area contributed by atoms with Gasteiger partial charge in [0.05, 0.1) is 90.4 Å². The standard InChI is InChI=1S/C26H26ClN5OSi.C23H18ClN5O.C21H17ClIN5O.C17H15ClN2O.C4H3ClIN3/c1-17(30-24-19(13-14-34(2,3)4)16-29-26(28)31-24)22-15-18-9-8-12-21(27)23(18)25(33)32(22)20-10-6-5-7-11-20;1-3-15-13-26-23(25)28-21(15)27-14(2)19-12-16-8-7-11-18(24)20(16)22(30)29(19)17-9-5-4-6-10-17;1-12(26-19-16(23)11-25-21(24)27-19)17-10-13-6-5-9-15(22)18(13)20(29)28(17)14-7-3-2-4-8-14;1-11(19)15-10-12-6-5-9-14(18)16(12)17(21)20(15)13-7-3-2-4-8-13;5-3-2(6)1-8-4(7)9-3/h5-12,15-17H,1-4H3,(H3,28,29,30,31);1,4-14H,2H3,(H3,25,26,27,28);2-12H,1H3,(H3,24,25,26,27);2-11H,19H2,1H3;1H,(H2,7,8,9)/t17-;14-;12-;11-;/m0000./s1. The summed E-state index contributed by atoms with van der Waals surface area (Å²) in [5.41, 5.74) is 38.5. The number of nitrogens with one attached hydrogen (secondary N) is 3. The summed E-state index contributed by atoms with van der Waals surface area (Å²) in [6, 6.07) is 66.3. The first-order valence-corrected chi connectivity index (χ1v) is 45.5. The SMILES string of the molecule is C#Cc1cnc(N)nc1N[C@@H](C)c1cc2cccc(Cl)c2c(=O)n1-c1ccccc1.C[C@H](N)c1cc2cccc(Cl)c2c(=O)n1-c1ccccc1.C[C@H](Nc1nc(N)ncc1C#C[Si](C)(C)C)c1cc2cccc(Cl)c2c(=O)n1-c1ccccc1.C[C@H](Nc1nc(N)ncc1I)c1cc2cccc(Cl)c2c(=O)n1-c1ccccc1.Nc1ncc(I)c(Cl)n1. The van der Waals surface area contributed by atoms with Gasteiger partial charge in [-0.3, -0.25) is 37.4 Å². The molecule has 32 heteroatoms. The summed E-state index contributed by atoms with van der Waals surface area (Å²) in [7, 11) is -1.61. The number of terminal acetylenes is 1. The Labute approximate surface area is 760 Å². The highest BCUT2D eigenvalue weighted by molar-refractivity contribution is 14.1. The Kier molecular flexibility index (Phi) is 29.4. The number of nitrogen functional groups attached to an aromatic ring is 4. The van der Waals surface area contributed by atoms with Gasteiger partial charge in [0.25, 0.3) is 22.2 Å². The van der Waals surface area contributed by atoms with Gasteiger partial charge >= 0.3 is 0 Å². The molecule has 24 nitrogen and oxygen atoms in total. The van der Waals surface area contributed by atoms with E-state index in [0.717, 1.165) is 74.2 Å². The molecule has 8 aromatic heterocycles. The average molecular weight is 1980 g/mol. The lowest BCUT2D eigenvalue weighted by molar-refractivity contribution is 0.734. The number of rotatable bonds is 14. The fraction of sp³-hybridized carbons (Fsp3) is 0.121. The van der Waals surface area contributed by atoms with Gasteiger partial charge in [-0.05, 0) is 191 Å². The molecule has 13 N–H and O–H groups in total. The number of hydrogen-bond acceptors (Lipinski definition) is 20. The number of pyridine rings is 4. The smallest absolute Gasteiger partial charge is 0.264 e. The van der Waals surface area contributed by atoms with Crippen molar-refractivity contribution in [3.8, 4) is 46.6 Å². The number of fused-ring (bicyclic) bond motifs is 4. The molecule has 0 fully saturated rings. The maximum atomic E-state index is 13.6. The Morgan fingerprint density at radius 2 is 0.667 bits per heavy atom. The second kappa shape index (κ2) is 40.2. The van der Waals surface area contributed by atoms with Crippen LogP contribution in [0.1, 0.15) is 85.8 Å². The lowest BCUT2D eigenvalue weighted by atomic mass is 10.1. The molecular formula is C91H79Cl5I2N20O4Si. The quantitative estimate of drug-likeness (QED) is 0.0217. The highest BCUT2D eigenvalue weighted by atomic mass is 127. The van der Waals surface area contributed by atoms with Crippen LogP contribution in [0.2, 0.25) is 44.9 Å². The number of benzene rings is 8. The molecule has 0 aliphatic rings. The van der Waals surface area contributed by atoms with Gasteiger partial charge in [0, 0.05) is 64.0 Å². The predicted molar refractivity (Wildman–Crippen MR) is 521 cm³/mol. The molecule has 620 valence electrons. The molecule has 0 spiro atoms. The van der Waals surface area contributed by atoms with E-state index in [1.54, 1.807) is 61.1 Å². The normalized spacial score (nSPS) is 11.9. The van der Waals surface area contributed by atoms with Crippen LogP contribution in [0.15, 0.2) is 262 Å². The maximum Gasteiger partial charge on any atom is 0.264 e. The van der Waals surface area contributed by atoms with Crippen LogP contribution < -0.4 is 66.9 Å². The zero-order valence-corrected chi connectivity index (χ0v) is 76.1. The van der Waals surface area contributed by atoms with Gasteiger partial charge in [-0.1, -0.05) is 211 Å². The van der Waals surface area contributed by atoms with E-state index in [4.69, 9.17) is 93.1 Å². The Morgan fingerprint density at radius 1 is 0.382 bits per heavy atom. The number of nitrogens with two attached hydrogens (primary N) is 5. The van der Waals surface area contributed by atoms with Crippen molar-refractivity contribution in [2.45, 2.75) is 71.5 Å². The van der Waals surface area contributed by atoms with Crippen LogP contribution in [-0.2, 0) is 0 Å². The lowest BCUT2D eigenvalue weighted by Gasteiger charge is -2.22. The maximum absolute atomic E-state index is 13.6. The largest absolute Gasteiger partial charge is 0.368 e. The van der Waals surface area contributed by atoms with Crippen LogP contribution in [0.4, 0.5) is 41.2 Å². The van der Waals surface area contributed by atoms with Gasteiger partial charge in [-0.25, -0.2) is 24.9 Å². The zero-order chi connectivity index (χ0) is 88.1. The molecule has 0 unspecified atom stereocenters. The second-order valence-corrected chi connectivity index (χ2v) is 37.9. The molecule has 0 saturated carbocycles. The van der Waals surface area contributed by atoms with Crippen LogP contribution in [-0.4, -0.2) is 66.2 Å². The number of halogens is 7. The molecule has 8 aromatic carbocycles. The van der Waals surface area contributed by atoms with Gasteiger partial charge in [-0.15, -0.1) is 12.0 Å². The minimum absolute atomic E-state index is 0.106. The fourth-order valence-corrected chi connectivity index (χ4v) is 15.5. The van der Waals surface area contributed by atoms with Gasteiger partial charge in [0.2, 0.25) is 23.8 Å². The first-order valence-electron chi connectivity index (χ1n) is 38.0. The lowest BCUT2D eigenvalue weighted by Crippen LogP contribution is -2.26. The monoisotopic (exact) mass is 1970 g/mol. The third kappa shape index (κ3) is 21.4. The van der Waals surface area contributed by atoms with E-state index in [1.165, 1.54) is 6.20 Å². The van der Waals surface area contributed by atoms with E-state index < -0.39 is 8.07 Å². The molecule has 0 radical (unpaired) electrons. The summed E-state index contributed by atoms with van der Waals surface area (Å²) in [4.78, 5) is 85.8. The van der Waals surface area contributed by atoms with Gasteiger partial charge in [-0.2, -0.15) is 15.0 Å². The van der Waals surface area contributed by atoms with Crippen LogP contribution >= 0.6 is 103 Å². The highest BCUT2D eigenvalue weighted by Gasteiger charge is 2.25. The Balaban J connectivity index is 0.000000146. The zero-order valence-electron chi connectivity index (χ0n) is 67.0. The van der Waals surface area contributed by atoms with Crippen LogP contribution in [0, 0.1) is 30.9 Å². The molecular weight excluding hydrogens is 1900 g/mol. The van der Waals surface area contributed by atoms with E-state index >= 15 is 0 Å². The van der Waals surface area contributed by atoms with Crippen molar-refractivity contribution in [3.63, 3.8) is 0 Å². The number of para-hydroxylation sites is 4. The molecule has 0 saturated heterocycles. The van der Waals surface area contributed by atoms with Gasteiger partial charge in [0.1, 0.15) is 30.7 Å². The van der Waals surface area contributed by atoms with Crippen molar-refractivity contribution >= 4 is 196 Å². The van der Waals surface area contributed by atoms with Crippen LogP contribution in [0.3, 0.4) is 0 Å². The summed E-state index contributed by atoms with van der Waals surface area (Å²) in [6.45, 7) is 14.2. The summed E-state index contributed by atoms with van der Waals surface area (Å²) < 4.78 is 8.29. The molecule has 16 rings (SSSR count). The molecule has 0 amide bonds. The minimum atomic E-state index is -1.61. The number of aromatic nitrogens is 12. The number of hydrogen-bond donors (Lipinski definition) is 8. The van der Waals surface area contributed by atoms with E-state index in [0.29, 0.717) is 75.4 Å². The first kappa shape index (κ1) is 90.0. The topological polar surface area (TPSA) is 357 Å². The number of anilines is 7. The van der Waals surface area contributed by atoms with Crippen molar-refractivity contribution in [3.05, 3.63) is 351 Å². The summed E-state index contributed by atoms with van der Waals surface area (Å²) in [6.07, 6.45) is 11.9. The van der Waals surface area contributed by atoms with E-state index in [1.807, 2.05) is 244 Å². The third-order valence-corrected chi connectivity index (χ3v) is 23.2. The summed E-state index contributed by atoms with van der Waals surface area (Å²) in [5, 5.41) is 17.3. The van der Waals surface area contributed by atoms with Crippen molar-refractivity contribution in [2.75, 3.05) is 38.9 Å². The molecule has 8 heterocycles. The highest BCUT2D eigenvalue weighted by Crippen LogP contribution is 2.34. The van der Waals surface area contributed by atoms with Crippen LogP contribution in [0.25, 0.3) is 65.8 Å². The molecule has 4 atom stereocenters. The Morgan fingerprint density at radius 3 is 0.984 bits per heavy atom. The van der Waals surface area contributed by atoms with Crippen molar-refractivity contribution in [1.82, 2.24) is 58.1 Å². The Bertz CT molecular complexity index is 7000. The molecule has 123 heavy (non-hydrogen) atoms. The van der Waals surface area contributed by atoms with E-state index in [-0.39, 0.29) is 70.2 Å². The second-order valence-electron chi connectivity index (χ2n) is 28.8. The fourth-order valence-electron chi connectivity index (χ4n) is 13.2. The number of nitrogens with zero attached hydrogens (tertiary/aromatic N) is 12. The summed E-state index contributed by atoms with van der Waals surface area (Å²) in [5.74, 6) is 7.99. The molecule has 0 bridgehead atoms. The van der Waals surface area contributed by atoms with E-state index in [9.17, 15) is 19.2 Å². The Hall–Kier alpha value is -12.3. The first-order chi connectivity index (χ1) is 58.9. The van der Waals surface area contributed by atoms with Gasteiger partial charge < -0.3 is 44.6 Å². The predicted octanol–water partition coefficient (Wildman–Crippen LogP) is 19.4.